The van der Waals surface area contributed by atoms with Gasteiger partial charge in [-0.1, -0.05) is 37.3 Å². The van der Waals surface area contributed by atoms with Crippen LogP contribution in [0.5, 0.6) is 0 Å². The molecule has 1 N–H and O–H groups in total. The Hall–Kier alpha value is -1.84. The van der Waals surface area contributed by atoms with Gasteiger partial charge in [0, 0.05) is 19.6 Å². The molecule has 0 aliphatic carbocycles. The molecule has 0 saturated carbocycles. The second-order valence-corrected chi connectivity index (χ2v) is 5.17. The number of likely N-dealkylation sites (tertiary alicyclic amines) is 1. The van der Waals surface area contributed by atoms with E-state index in [2.05, 4.69) is 12.2 Å². The molecular formula is C15H20N2O2. The molecule has 0 bridgehead atoms. The molecular weight excluding hydrogens is 240 g/mol. The largest absolute Gasteiger partial charge is 0.344 e. The minimum Gasteiger partial charge on any atom is -0.344 e. The summed E-state index contributed by atoms with van der Waals surface area (Å²) in [7, 11) is 0. The summed E-state index contributed by atoms with van der Waals surface area (Å²) < 4.78 is 0. The van der Waals surface area contributed by atoms with Gasteiger partial charge in [-0.3, -0.25) is 9.59 Å². The van der Waals surface area contributed by atoms with Gasteiger partial charge in [0.25, 0.3) is 0 Å². The van der Waals surface area contributed by atoms with Crippen molar-refractivity contribution in [3.8, 4) is 0 Å². The average molecular weight is 260 g/mol. The summed E-state index contributed by atoms with van der Waals surface area (Å²) in [5.74, 6) is -0.417. The molecule has 102 valence electrons. The first-order valence-electron chi connectivity index (χ1n) is 6.78. The smallest absolute Gasteiger partial charge is 0.311 e. The minimum absolute atomic E-state index is 0.398. The van der Waals surface area contributed by atoms with Gasteiger partial charge in [0.05, 0.1) is 0 Å². The Kier molecular flexibility index (Phi) is 4.55. The number of hydrogen-bond acceptors (Lipinski definition) is 2. The number of nitrogens with zero attached hydrogens (tertiary/aromatic N) is 1. The Morgan fingerprint density at radius 2 is 2.05 bits per heavy atom. The normalized spacial score (nSPS) is 19.0. The molecule has 1 heterocycles. The van der Waals surface area contributed by atoms with Gasteiger partial charge in [0.15, 0.2) is 0 Å². The zero-order valence-corrected chi connectivity index (χ0v) is 11.3. The van der Waals surface area contributed by atoms with Gasteiger partial charge in [-0.2, -0.15) is 0 Å². The molecule has 1 saturated heterocycles. The molecule has 1 aliphatic rings. The van der Waals surface area contributed by atoms with Gasteiger partial charge < -0.3 is 10.2 Å². The molecule has 0 spiro atoms. The van der Waals surface area contributed by atoms with Crippen molar-refractivity contribution in [1.29, 1.82) is 0 Å². The van der Waals surface area contributed by atoms with E-state index in [1.165, 1.54) is 0 Å². The van der Waals surface area contributed by atoms with Crippen LogP contribution in [-0.2, 0) is 16.1 Å². The summed E-state index contributed by atoms with van der Waals surface area (Å²) in [4.78, 5) is 25.5. The Morgan fingerprint density at radius 3 is 2.74 bits per heavy atom. The molecule has 2 amide bonds. The van der Waals surface area contributed by atoms with Crippen LogP contribution in [0.4, 0.5) is 0 Å². The third-order valence-corrected chi connectivity index (χ3v) is 3.43. The van der Waals surface area contributed by atoms with Crippen molar-refractivity contribution in [3.63, 3.8) is 0 Å². The van der Waals surface area contributed by atoms with E-state index in [1.54, 1.807) is 4.90 Å². The van der Waals surface area contributed by atoms with E-state index in [9.17, 15) is 9.59 Å². The molecule has 19 heavy (non-hydrogen) atoms. The van der Waals surface area contributed by atoms with Gasteiger partial charge in [0.2, 0.25) is 0 Å². The number of carbonyl (C=O) groups excluding carboxylic acids is 2. The van der Waals surface area contributed by atoms with Crippen LogP contribution in [0.2, 0.25) is 0 Å². The van der Waals surface area contributed by atoms with Crippen LogP contribution in [0.25, 0.3) is 0 Å². The summed E-state index contributed by atoms with van der Waals surface area (Å²) in [5, 5.41) is 2.68. The maximum Gasteiger partial charge on any atom is 0.311 e. The maximum atomic E-state index is 12.0. The number of carbonyl (C=O) groups is 2. The van der Waals surface area contributed by atoms with Crippen LogP contribution in [0.3, 0.4) is 0 Å². The van der Waals surface area contributed by atoms with Gasteiger partial charge >= 0.3 is 11.8 Å². The standard InChI is InChI=1S/C15H20N2O2/c1-12-6-5-9-17(11-12)15(19)14(18)16-10-13-7-3-2-4-8-13/h2-4,7-8,12H,5-6,9-11H2,1H3,(H,16,18). The lowest BCUT2D eigenvalue weighted by atomic mass is 10.0. The highest BCUT2D eigenvalue weighted by atomic mass is 16.2. The molecule has 4 nitrogen and oxygen atoms in total. The van der Waals surface area contributed by atoms with Crippen LogP contribution < -0.4 is 5.32 Å². The molecule has 4 heteroatoms. The van der Waals surface area contributed by atoms with Crippen LogP contribution >= 0.6 is 0 Å². The van der Waals surface area contributed by atoms with Crippen molar-refractivity contribution in [3.05, 3.63) is 35.9 Å². The van der Waals surface area contributed by atoms with E-state index in [0.29, 0.717) is 25.6 Å². The maximum absolute atomic E-state index is 12.0. The second-order valence-electron chi connectivity index (χ2n) is 5.17. The summed E-state index contributed by atoms with van der Waals surface area (Å²) in [6, 6.07) is 9.60. The number of nitrogens with one attached hydrogen (secondary N) is 1. The fourth-order valence-electron chi connectivity index (χ4n) is 2.37. The van der Waals surface area contributed by atoms with Crippen molar-refractivity contribution in [2.24, 2.45) is 5.92 Å². The third-order valence-electron chi connectivity index (χ3n) is 3.43. The molecule has 0 aromatic heterocycles. The van der Waals surface area contributed by atoms with Crippen LogP contribution in [0.1, 0.15) is 25.3 Å². The average Bonchev–Trinajstić information content (AvgIpc) is 2.45. The Labute approximate surface area is 113 Å². The van der Waals surface area contributed by atoms with Crippen LogP contribution in [0.15, 0.2) is 30.3 Å². The molecule has 1 aromatic carbocycles. The van der Waals surface area contributed by atoms with E-state index >= 15 is 0 Å². The Balaban J connectivity index is 1.84. The monoisotopic (exact) mass is 260 g/mol. The lowest BCUT2D eigenvalue weighted by molar-refractivity contribution is -0.147. The minimum atomic E-state index is -0.502. The fraction of sp³-hybridized carbons (Fsp3) is 0.467. The summed E-state index contributed by atoms with van der Waals surface area (Å²) in [6.45, 7) is 3.90. The van der Waals surface area contributed by atoms with Gasteiger partial charge in [-0.15, -0.1) is 0 Å². The van der Waals surface area contributed by atoms with Gasteiger partial charge in [-0.05, 0) is 24.3 Å². The second kappa shape index (κ2) is 6.36. The van der Waals surface area contributed by atoms with Crippen molar-refractivity contribution < 1.29 is 9.59 Å². The molecule has 1 fully saturated rings. The Bertz CT molecular complexity index is 445. The first-order chi connectivity index (χ1) is 9.16. The molecule has 1 atom stereocenters. The van der Waals surface area contributed by atoms with Crippen LogP contribution in [0, 0.1) is 5.92 Å². The quantitative estimate of drug-likeness (QED) is 0.820. The predicted octanol–water partition coefficient (Wildman–Crippen LogP) is 1.56. The van der Waals surface area contributed by atoms with Gasteiger partial charge in [-0.25, -0.2) is 0 Å². The summed E-state index contributed by atoms with van der Waals surface area (Å²) >= 11 is 0. The lowest BCUT2D eigenvalue weighted by Crippen LogP contribution is -2.46. The number of benzene rings is 1. The highest BCUT2D eigenvalue weighted by Crippen LogP contribution is 2.15. The molecule has 2 rings (SSSR count). The van der Waals surface area contributed by atoms with Crippen molar-refractivity contribution in [1.82, 2.24) is 10.2 Å². The molecule has 1 aromatic rings. The van der Waals surface area contributed by atoms with Crippen molar-refractivity contribution >= 4 is 11.8 Å². The first kappa shape index (κ1) is 13.6. The van der Waals surface area contributed by atoms with Crippen LogP contribution in [-0.4, -0.2) is 29.8 Å². The predicted molar refractivity (Wildman–Crippen MR) is 73.3 cm³/mol. The Morgan fingerprint density at radius 1 is 1.32 bits per heavy atom. The fourth-order valence-corrected chi connectivity index (χ4v) is 2.37. The van der Waals surface area contributed by atoms with E-state index in [0.717, 1.165) is 18.4 Å². The molecule has 1 aliphatic heterocycles. The number of piperidine rings is 1. The number of rotatable bonds is 2. The highest BCUT2D eigenvalue weighted by molar-refractivity contribution is 6.34. The first-order valence-corrected chi connectivity index (χ1v) is 6.78. The SMILES string of the molecule is CC1CCCN(C(=O)C(=O)NCc2ccccc2)C1. The zero-order chi connectivity index (χ0) is 13.7. The lowest BCUT2D eigenvalue weighted by Gasteiger charge is -2.30. The molecule has 0 radical (unpaired) electrons. The van der Waals surface area contributed by atoms with Gasteiger partial charge in [0.1, 0.15) is 0 Å². The van der Waals surface area contributed by atoms with E-state index in [-0.39, 0.29) is 0 Å². The van der Waals surface area contributed by atoms with Crippen molar-refractivity contribution in [2.75, 3.05) is 13.1 Å². The number of amides is 2. The summed E-state index contributed by atoms with van der Waals surface area (Å²) in [6.07, 6.45) is 2.12. The van der Waals surface area contributed by atoms with Crippen molar-refractivity contribution in [2.45, 2.75) is 26.3 Å². The van der Waals surface area contributed by atoms with E-state index in [1.807, 2.05) is 30.3 Å². The highest BCUT2D eigenvalue weighted by Gasteiger charge is 2.25. The topological polar surface area (TPSA) is 49.4 Å². The zero-order valence-electron chi connectivity index (χ0n) is 11.3. The third kappa shape index (κ3) is 3.81. The summed E-state index contributed by atoms with van der Waals surface area (Å²) in [5.41, 5.74) is 0.996. The molecule has 1 unspecified atom stereocenters. The van der Waals surface area contributed by atoms with E-state index in [4.69, 9.17) is 0 Å². The number of hydrogen-bond donors (Lipinski definition) is 1. The van der Waals surface area contributed by atoms with E-state index < -0.39 is 11.8 Å².